The van der Waals surface area contributed by atoms with Crippen LogP contribution < -0.4 is 27.0 Å². The summed E-state index contributed by atoms with van der Waals surface area (Å²) in [5.41, 5.74) is 11.6. The molecule has 4 amide bonds. The van der Waals surface area contributed by atoms with Gasteiger partial charge < -0.3 is 31.7 Å². The van der Waals surface area contributed by atoms with E-state index in [1.807, 2.05) is 13.8 Å². The number of benzene rings is 1. The van der Waals surface area contributed by atoms with Crippen LogP contribution in [0.15, 0.2) is 29.4 Å². The summed E-state index contributed by atoms with van der Waals surface area (Å²) < 4.78 is 5.03. The summed E-state index contributed by atoms with van der Waals surface area (Å²) in [7, 11) is 0. The molecule has 12 nitrogen and oxygen atoms in total. The molecule has 0 saturated carbocycles. The first kappa shape index (κ1) is 24.4. The standard InChI is InChI=1S/C20H28N6O6/c1-12(2)11-31-16(27)7-9-23-20(30)24-15-8-10-26(18(15)28)14-5-3-13(4-6-14)17(21)25-32-19(22)29/h3-6,12,15H,7-11H2,1-2H3,(H2,21,25)(H2,22,29)(H2,23,24,30). The van der Waals surface area contributed by atoms with Gasteiger partial charge >= 0.3 is 18.1 Å². The first-order chi connectivity index (χ1) is 15.2. The molecule has 12 heteroatoms. The molecule has 1 aromatic rings. The Bertz CT molecular complexity index is 870. The zero-order valence-electron chi connectivity index (χ0n) is 18.0. The van der Waals surface area contributed by atoms with Crippen LogP contribution in [0.25, 0.3) is 0 Å². The molecule has 0 aromatic heterocycles. The number of hydrogen-bond acceptors (Lipinski definition) is 7. The Morgan fingerprint density at radius 1 is 1.22 bits per heavy atom. The normalized spacial score (nSPS) is 16.1. The van der Waals surface area contributed by atoms with Gasteiger partial charge in [-0.25, -0.2) is 9.59 Å². The summed E-state index contributed by atoms with van der Waals surface area (Å²) in [5.74, 6) is -0.461. The van der Waals surface area contributed by atoms with Crippen LogP contribution >= 0.6 is 0 Å². The molecule has 1 aliphatic heterocycles. The van der Waals surface area contributed by atoms with Crippen molar-refractivity contribution in [3.8, 4) is 0 Å². The van der Waals surface area contributed by atoms with Crippen LogP contribution in [-0.4, -0.2) is 55.6 Å². The lowest BCUT2D eigenvalue weighted by atomic mass is 10.2. The van der Waals surface area contributed by atoms with Gasteiger partial charge in [0.05, 0.1) is 13.0 Å². The highest BCUT2D eigenvalue weighted by molar-refractivity contribution is 6.02. The topological polar surface area (TPSA) is 178 Å². The fourth-order valence-corrected chi connectivity index (χ4v) is 2.85. The van der Waals surface area contributed by atoms with Crippen LogP contribution in [0.3, 0.4) is 0 Å². The fraction of sp³-hybridized carbons (Fsp3) is 0.450. The predicted molar refractivity (Wildman–Crippen MR) is 116 cm³/mol. The van der Waals surface area contributed by atoms with Gasteiger partial charge in [-0.15, -0.1) is 0 Å². The molecule has 6 N–H and O–H groups in total. The summed E-state index contributed by atoms with van der Waals surface area (Å²) in [6.07, 6.45) is -0.602. The number of oxime groups is 1. The number of urea groups is 1. The molecule has 0 bridgehead atoms. The van der Waals surface area contributed by atoms with E-state index in [0.29, 0.717) is 30.8 Å². The minimum atomic E-state index is -1.08. The second-order valence-corrected chi connectivity index (χ2v) is 7.49. The van der Waals surface area contributed by atoms with Crippen molar-refractivity contribution in [2.45, 2.75) is 32.7 Å². The molecule has 1 heterocycles. The second-order valence-electron chi connectivity index (χ2n) is 7.49. The number of primary amides is 1. The third kappa shape index (κ3) is 7.45. The summed E-state index contributed by atoms with van der Waals surface area (Å²) in [6.45, 7) is 4.72. The number of nitrogens with zero attached hydrogens (tertiary/aromatic N) is 2. The Kier molecular flexibility index (Phi) is 8.81. The Labute approximate surface area is 185 Å². The molecular formula is C20H28N6O6. The van der Waals surface area contributed by atoms with Gasteiger partial charge in [-0.3, -0.25) is 14.4 Å². The van der Waals surface area contributed by atoms with E-state index in [2.05, 4.69) is 20.6 Å². The largest absolute Gasteiger partial charge is 0.465 e. The fourth-order valence-electron chi connectivity index (χ4n) is 2.85. The lowest BCUT2D eigenvalue weighted by Crippen LogP contribution is -2.46. The predicted octanol–water partition coefficient (Wildman–Crippen LogP) is 0.396. The van der Waals surface area contributed by atoms with Crippen LogP contribution in [0.2, 0.25) is 0 Å². The smallest absolute Gasteiger partial charge is 0.430 e. The van der Waals surface area contributed by atoms with Crippen molar-refractivity contribution < 1.29 is 28.8 Å². The zero-order chi connectivity index (χ0) is 23.7. The maximum absolute atomic E-state index is 12.7. The van der Waals surface area contributed by atoms with Gasteiger partial charge in [-0.05, 0) is 36.6 Å². The molecule has 1 atom stereocenters. The minimum Gasteiger partial charge on any atom is -0.465 e. The van der Waals surface area contributed by atoms with Crippen LogP contribution in [0, 0.1) is 5.92 Å². The van der Waals surface area contributed by atoms with Crippen molar-refractivity contribution in [2.24, 2.45) is 22.5 Å². The summed E-state index contributed by atoms with van der Waals surface area (Å²) >= 11 is 0. The van der Waals surface area contributed by atoms with Gasteiger partial charge in [0.15, 0.2) is 5.84 Å². The molecule has 1 aliphatic rings. The van der Waals surface area contributed by atoms with Crippen LogP contribution in [-0.2, 0) is 19.2 Å². The SMILES string of the molecule is CC(C)COC(=O)CCNC(=O)NC1CCN(c2ccc(C(N)=NOC(N)=O)cc2)C1=O. The van der Waals surface area contributed by atoms with Gasteiger partial charge in [0.25, 0.3) is 0 Å². The van der Waals surface area contributed by atoms with E-state index in [1.54, 1.807) is 24.3 Å². The number of amides is 4. The van der Waals surface area contributed by atoms with E-state index in [1.165, 1.54) is 4.90 Å². The molecular weight excluding hydrogens is 420 g/mol. The van der Waals surface area contributed by atoms with Gasteiger partial charge in [0.1, 0.15) is 6.04 Å². The average Bonchev–Trinajstić information content (AvgIpc) is 3.10. The van der Waals surface area contributed by atoms with Gasteiger partial charge in [-0.1, -0.05) is 19.0 Å². The highest BCUT2D eigenvalue weighted by atomic mass is 16.7. The monoisotopic (exact) mass is 448 g/mol. The summed E-state index contributed by atoms with van der Waals surface area (Å²) in [6, 6.07) is 5.32. The van der Waals surface area contributed by atoms with Crippen LogP contribution in [0.4, 0.5) is 15.3 Å². The van der Waals surface area contributed by atoms with E-state index in [9.17, 15) is 19.2 Å². The summed E-state index contributed by atoms with van der Waals surface area (Å²) in [4.78, 5) is 52.7. The molecule has 32 heavy (non-hydrogen) atoms. The minimum absolute atomic E-state index is 0.0487. The Morgan fingerprint density at radius 3 is 2.53 bits per heavy atom. The lowest BCUT2D eigenvalue weighted by Gasteiger charge is -2.18. The number of esters is 1. The maximum atomic E-state index is 12.7. The van der Waals surface area contributed by atoms with E-state index in [-0.39, 0.29) is 30.6 Å². The summed E-state index contributed by atoms with van der Waals surface area (Å²) in [5, 5.41) is 8.56. The first-order valence-corrected chi connectivity index (χ1v) is 10.1. The quantitative estimate of drug-likeness (QED) is 0.139. The molecule has 1 aromatic carbocycles. The number of carbonyl (C=O) groups is 4. The molecule has 0 spiro atoms. The molecule has 1 fully saturated rings. The highest BCUT2D eigenvalue weighted by Crippen LogP contribution is 2.22. The van der Waals surface area contributed by atoms with Gasteiger partial charge in [0, 0.05) is 24.3 Å². The van der Waals surface area contributed by atoms with Gasteiger partial charge in [0.2, 0.25) is 5.91 Å². The van der Waals surface area contributed by atoms with Gasteiger partial charge in [-0.2, -0.15) is 0 Å². The molecule has 1 unspecified atom stereocenters. The number of nitrogens with one attached hydrogen (secondary N) is 2. The number of amidine groups is 1. The number of hydrogen-bond donors (Lipinski definition) is 4. The van der Waals surface area contributed by atoms with E-state index in [0.717, 1.165) is 0 Å². The van der Waals surface area contributed by atoms with Crippen molar-refractivity contribution in [1.29, 1.82) is 0 Å². The average molecular weight is 448 g/mol. The maximum Gasteiger partial charge on any atom is 0.430 e. The number of anilines is 1. The highest BCUT2D eigenvalue weighted by Gasteiger charge is 2.33. The Morgan fingerprint density at radius 2 is 1.91 bits per heavy atom. The Hall–Kier alpha value is -3.83. The van der Waals surface area contributed by atoms with Crippen molar-refractivity contribution >= 4 is 35.5 Å². The molecule has 0 radical (unpaired) electrons. The molecule has 0 aliphatic carbocycles. The van der Waals surface area contributed by atoms with E-state index < -0.39 is 24.1 Å². The molecule has 1 saturated heterocycles. The zero-order valence-corrected chi connectivity index (χ0v) is 18.0. The number of carbonyl (C=O) groups excluding carboxylic acids is 4. The van der Waals surface area contributed by atoms with Crippen molar-refractivity contribution in [3.63, 3.8) is 0 Å². The van der Waals surface area contributed by atoms with Crippen LogP contribution in [0.5, 0.6) is 0 Å². The van der Waals surface area contributed by atoms with Crippen LogP contribution in [0.1, 0.15) is 32.3 Å². The third-order valence-corrected chi connectivity index (χ3v) is 4.41. The van der Waals surface area contributed by atoms with Crippen molar-refractivity contribution in [1.82, 2.24) is 10.6 Å². The number of rotatable bonds is 9. The van der Waals surface area contributed by atoms with E-state index in [4.69, 9.17) is 16.2 Å². The molecule has 2 rings (SSSR count). The van der Waals surface area contributed by atoms with Crippen molar-refractivity contribution in [2.75, 3.05) is 24.6 Å². The first-order valence-electron chi connectivity index (χ1n) is 10.1. The third-order valence-electron chi connectivity index (χ3n) is 4.41. The number of nitrogens with two attached hydrogens (primary N) is 2. The number of ether oxygens (including phenoxy) is 1. The second kappa shape index (κ2) is 11.5. The lowest BCUT2D eigenvalue weighted by molar-refractivity contribution is -0.144. The molecule has 174 valence electrons. The Balaban J connectivity index is 1.82. The van der Waals surface area contributed by atoms with Crippen molar-refractivity contribution in [3.05, 3.63) is 29.8 Å². The van der Waals surface area contributed by atoms with E-state index >= 15 is 0 Å².